The number of rotatable bonds is 13. The van der Waals surface area contributed by atoms with E-state index >= 15 is 0 Å². The molecule has 3 rings (SSSR count). The molecule has 220 valence electrons. The van der Waals surface area contributed by atoms with Crippen molar-refractivity contribution in [2.45, 2.75) is 45.3 Å². The van der Waals surface area contributed by atoms with Gasteiger partial charge in [-0.15, -0.1) is 0 Å². The fourth-order valence-corrected chi connectivity index (χ4v) is 5.23. The van der Waals surface area contributed by atoms with Gasteiger partial charge in [-0.1, -0.05) is 61.0 Å². The van der Waals surface area contributed by atoms with Crippen LogP contribution in [0.5, 0.6) is 5.75 Å². The summed E-state index contributed by atoms with van der Waals surface area (Å²) in [6.07, 6.45) is 1.82. The molecule has 1 N–H and O–H groups in total. The van der Waals surface area contributed by atoms with Crippen molar-refractivity contribution >= 4 is 39.1 Å². The molecule has 0 radical (unpaired) electrons. The first-order valence-corrected chi connectivity index (χ1v) is 15.3. The van der Waals surface area contributed by atoms with Gasteiger partial charge in [-0.2, -0.15) is 0 Å². The second-order valence-electron chi connectivity index (χ2n) is 9.76. The Labute approximate surface area is 246 Å². The zero-order valence-corrected chi connectivity index (χ0v) is 25.1. The van der Waals surface area contributed by atoms with Crippen molar-refractivity contribution in [2.75, 3.05) is 24.2 Å². The Balaban J connectivity index is 2.08. The van der Waals surface area contributed by atoms with Crippen LogP contribution in [0.4, 0.5) is 10.1 Å². The molecule has 41 heavy (non-hydrogen) atoms. The van der Waals surface area contributed by atoms with Crippen LogP contribution in [0.15, 0.2) is 72.8 Å². The minimum absolute atomic E-state index is 0.00321. The molecule has 11 heteroatoms. The molecule has 3 aromatic rings. The van der Waals surface area contributed by atoms with Gasteiger partial charge >= 0.3 is 0 Å². The Hall–Kier alpha value is -3.63. The van der Waals surface area contributed by atoms with Crippen LogP contribution in [0, 0.1) is 5.82 Å². The number of methoxy groups -OCH3 is 1. The molecule has 0 fully saturated rings. The van der Waals surface area contributed by atoms with E-state index in [4.69, 9.17) is 16.3 Å². The third kappa shape index (κ3) is 8.93. The summed E-state index contributed by atoms with van der Waals surface area (Å²) in [5.41, 5.74) is 1.53. The fourth-order valence-electron chi connectivity index (χ4n) is 4.22. The van der Waals surface area contributed by atoms with Gasteiger partial charge in [-0.25, -0.2) is 12.8 Å². The zero-order chi connectivity index (χ0) is 30.2. The first-order chi connectivity index (χ1) is 19.4. The molecular formula is C30H35ClFN3O5S. The van der Waals surface area contributed by atoms with Crippen LogP contribution in [0.3, 0.4) is 0 Å². The van der Waals surface area contributed by atoms with Crippen LogP contribution in [-0.4, -0.2) is 57.1 Å². The lowest BCUT2D eigenvalue weighted by molar-refractivity contribution is -0.140. The molecule has 0 aromatic heterocycles. The van der Waals surface area contributed by atoms with Crippen molar-refractivity contribution in [3.05, 3.63) is 94.8 Å². The molecule has 0 bridgehead atoms. The SMILES string of the molecule is CC[C@H](C)NC(=O)[C@H](Cc1ccccc1)N(Cc1cccc(OC)c1)C(=O)CN(c1ccc(F)c(Cl)c1)S(C)(=O)=O. The quantitative estimate of drug-likeness (QED) is 0.303. The number of benzene rings is 3. The van der Waals surface area contributed by atoms with E-state index in [0.717, 1.165) is 28.3 Å². The Morgan fingerprint density at radius 2 is 1.71 bits per heavy atom. The molecule has 2 atom stereocenters. The number of carbonyl (C=O) groups excluding carboxylic acids is 2. The smallest absolute Gasteiger partial charge is 0.244 e. The van der Waals surface area contributed by atoms with Gasteiger partial charge < -0.3 is 15.0 Å². The Morgan fingerprint density at radius 1 is 1.02 bits per heavy atom. The summed E-state index contributed by atoms with van der Waals surface area (Å²) in [6.45, 7) is 3.18. The summed E-state index contributed by atoms with van der Waals surface area (Å²) in [4.78, 5) is 29.1. The van der Waals surface area contributed by atoms with Crippen molar-refractivity contribution in [2.24, 2.45) is 0 Å². The number of carbonyl (C=O) groups is 2. The third-order valence-corrected chi connectivity index (χ3v) is 8.06. The molecule has 0 unspecified atom stereocenters. The van der Waals surface area contributed by atoms with Gasteiger partial charge in [0, 0.05) is 19.0 Å². The molecule has 8 nitrogen and oxygen atoms in total. The number of nitrogens with one attached hydrogen (secondary N) is 1. The first kappa shape index (κ1) is 31.9. The predicted molar refractivity (Wildman–Crippen MR) is 159 cm³/mol. The summed E-state index contributed by atoms with van der Waals surface area (Å²) in [6, 6.07) is 18.6. The van der Waals surface area contributed by atoms with Crippen molar-refractivity contribution in [1.82, 2.24) is 10.2 Å². The van der Waals surface area contributed by atoms with Gasteiger partial charge in [0.1, 0.15) is 24.2 Å². The topological polar surface area (TPSA) is 96.0 Å². The maximum atomic E-state index is 14.1. The molecule has 3 aromatic carbocycles. The summed E-state index contributed by atoms with van der Waals surface area (Å²) >= 11 is 5.93. The highest BCUT2D eigenvalue weighted by Gasteiger charge is 2.33. The van der Waals surface area contributed by atoms with Gasteiger partial charge in [0.05, 0.1) is 24.1 Å². The second-order valence-corrected chi connectivity index (χ2v) is 12.1. The van der Waals surface area contributed by atoms with Crippen LogP contribution < -0.4 is 14.4 Å². The number of sulfonamides is 1. The highest BCUT2D eigenvalue weighted by atomic mass is 35.5. The lowest BCUT2D eigenvalue weighted by atomic mass is 10.0. The lowest BCUT2D eigenvalue weighted by Gasteiger charge is -2.34. The number of halogens is 2. The van der Waals surface area contributed by atoms with Crippen LogP contribution in [0.2, 0.25) is 5.02 Å². The predicted octanol–water partition coefficient (Wildman–Crippen LogP) is 4.81. The highest BCUT2D eigenvalue weighted by Crippen LogP contribution is 2.25. The van der Waals surface area contributed by atoms with Crippen LogP contribution in [-0.2, 0) is 32.6 Å². The van der Waals surface area contributed by atoms with Crippen molar-refractivity contribution < 1.29 is 27.1 Å². The average molecular weight is 604 g/mol. The van der Waals surface area contributed by atoms with E-state index in [2.05, 4.69) is 5.32 Å². The van der Waals surface area contributed by atoms with Crippen LogP contribution >= 0.6 is 11.6 Å². The van der Waals surface area contributed by atoms with Crippen molar-refractivity contribution in [3.8, 4) is 5.75 Å². The van der Waals surface area contributed by atoms with Gasteiger partial charge in [0.25, 0.3) is 0 Å². The summed E-state index contributed by atoms with van der Waals surface area (Å²) in [7, 11) is -2.48. The minimum Gasteiger partial charge on any atom is -0.497 e. The van der Waals surface area contributed by atoms with E-state index in [1.54, 1.807) is 24.3 Å². The summed E-state index contributed by atoms with van der Waals surface area (Å²) in [5, 5.41) is 2.69. The molecule has 0 heterocycles. The molecule has 0 saturated heterocycles. The Kier molecular flexibility index (Phi) is 11.1. The van der Waals surface area contributed by atoms with Gasteiger partial charge in [0.2, 0.25) is 21.8 Å². The number of anilines is 1. The second kappa shape index (κ2) is 14.3. The van der Waals surface area contributed by atoms with E-state index in [-0.39, 0.29) is 35.6 Å². The van der Waals surface area contributed by atoms with Gasteiger partial charge in [-0.3, -0.25) is 13.9 Å². The fraction of sp³-hybridized carbons (Fsp3) is 0.333. The summed E-state index contributed by atoms with van der Waals surface area (Å²) in [5.74, 6) is -1.15. The molecule has 0 aliphatic rings. The molecule has 0 spiro atoms. The maximum Gasteiger partial charge on any atom is 0.244 e. The summed E-state index contributed by atoms with van der Waals surface area (Å²) < 4.78 is 45.7. The largest absolute Gasteiger partial charge is 0.497 e. The van der Waals surface area contributed by atoms with E-state index < -0.39 is 34.3 Å². The zero-order valence-electron chi connectivity index (χ0n) is 23.5. The molecular weight excluding hydrogens is 569 g/mol. The average Bonchev–Trinajstić information content (AvgIpc) is 2.94. The molecule has 2 amide bonds. The highest BCUT2D eigenvalue weighted by molar-refractivity contribution is 7.92. The number of amides is 2. The Bertz CT molecular complexity index is 1460. The van der Waals surface area contributed by atoms with Crippen LogP contribution in [0.25, 0.3) is 0 Å². The third-order valence-electron chi connectivity index (χ3n) is 6.63. The number of hydrogen-bond acceptors (Lipinski definition) is 5. The molecule has 0 aliphatic heterocycles. The normalized spacial score (nSPS) is 12.7. The Morgan fingerprint density at radius 3 is 2.32 bits per heavy atom. The number of ether oxygens (including phenoxy) is 1. The number of hydrogen-bond donors (Lipinski definition) is 1. The van der Waals surface area contributed by atoms with Gasteiger partial charge in [0.15, 0.2) is 0 Å². The lowest BCUT2D eigenvalue weighted by Crippen LogP contribution is -2.54. The molecule has 0 saturated carbocycles. The first-order valence-electron chi connectivity index (χ1n) is 13.1. The maximum absolute atomic E-state index is 14.1. The molecule has 0 aliphatic carbocycles. The van der Waals surface area contributed by atoms with Crippen molar-refractivity contribution in [1.29, 1.82) is 0 Å². The van der Waals surface area contributed by atoms with E-state index in [9.17, 15) is 22.4 Å². The van der Waals surface area contributed by atoms with E-state index in [1.807, 2.05) is 44.2 Å². The van der Waals surface area contributed by atoms with E-state index in [1.165, 1.54) is 18.1 Å². The van der Waals surface area contributed by atoms with Crippen molar-refractivity contribution in [3.63, 3.8) is 0 Å². The van der Waals surface area contributed by atoms with Gasteiger partial charge in [-0.05, 0) is 54.8 Å². The minimum atomic E-state index is -4.00. The standard InChI is InChI=1S/C30H35ClFN3O5S/c1-5-21(2)33-30(37)28(17-22-10-7-6-8-11-22)34(19-23-12-9-13-25(16-23)40-3)29(36)20-35(41(4,38)39)24-14-15-27(32)26(31)18-24/h6-16,18,21,28H,5,17,19-20H2,1-4H3,(H,33,37)/t21-,28-/m0/s1. The monoisotopic (exact) mass is 603 g/mol. The number of nitrogens with zero attached hydrogens (tertiary/aromatic N) is 2. The van der Waals surface area contributed by atoms with Crippen LogP contribution in [0.1, 0.15) is 31.4 Å². The van der Waals surface area contributed by atoms with E-state index in [0.29, 0.717) is 17.7 Å².